The molecule has 4 aromatic rings. The van der Waals surface area contributed by atoms with Crippen LogP contribution in [0.5, 0.6) is 5.88 Å². The van der Waals surface area contributed by atoms with Gasteiger partial charge in [-0.05, 0) is 23.8 Å². The SMILES string of the molecule is COCCNc1ncc2cc(-c3c(F)cnc(NS(=O)(=O)c4cc(Cl)cnc4OC)c3F)ccc2n1. The molecule has 4 rings (SSSR count). The van der Waals surface area contributed by atoms with Crippen molar-refractivity contribution < 1.29 is 26.7 Å². The first-order valence-electron chi connectivity index (χ1n) is 10.3. The number of sulfonamides is 1. The molecule has 0 aliphatic heterocycles. The molecule has 10 nitrogen and oxygen atoms in total. The second-order valence-corrected chi connectivity index (χ2v) is 9.38. The van der Waals surface area contributed by atoms with E-state index in [1.807, 2.05) is 4.72 Å². The van der Waals surface area contributed by atoms with Crippen molar-refractivity contribution in [3.63, 3.8) is 0 Å². The number of pyridine rings is 2. The highest BCUT2D eigenvalue weighted by Gasteiger charge is 2.26. The van der Waals surface area contributed by atoms with Gasteiger partial charge in [-0.2, -0.15) is 0 Å². The summed E-state index contributed by atoms with van der Waals surface area (Å²) in [6, 6.07) is 5.59. The highest BCUT2D eigenvalue weighted by molar-refractivity contribution is 7.92. The molecule has 0 amide bonds. The van der Waals surface area contributed by atoms with Crippen LogP contribution >= 0.6 is 11.6 Å². The number of rotatable bonds is 9. The van der Waals surface area contributed by atoms with Crippen LogP contribution in [0, 0.1) is 11.6 Å². The lowest BCUT2D eigenvalue weighted by atomic mass is 10.0. The average Bonchev–Trinajstić information content (AvgIpc) is 2.86. The molecular formula is C22H19ClF2N6O4S. The van der Waals surface area contributed by atoms with Gasteiger partial charge in [0.1, 0.15) is 0 Å². The smallest absolute Gasteiger partial charge is 0.268 e. The zero-order chi connectivity index (χ0) is 25.9. The molecule has 0 atom stereocenters. The molecule has 0 aliphatic rings. The number of halogens is 3. The fraction of sp³-hybridized carbons (Fsp3) is 0.182. The molecule has 3 aromatic heterocycles. The maximum atomic E-state index is 15.4. The fourth-order valence-electron chi connectivity index (χ4n) is 3.28. The van der Waals surface area contributed by atoms with Crippen LogP contribution in [0.4, 0.5) is 20.5 Å². The minimum atomic E-state index is -4.44. The van der Waals surface area contributed by atoms with E-state index in [0.717, 1.165) is 6.07 Å². The Morgan fingerprint density at radius 1 is 1.06 bits per heavy atom. The standard InChI is InChI=1S/C22H19ClF2N6O4S/c1-34-6-5-26-22-29-9-13-7-12(3-4-16(13)30-22)18-15(24)11-27-20(19(18)25)31-36(32,33)17-8-14(23)10-28-21(17)35-2/h3-4,7-11H,5-6H2,1-2H3,(H,27,31)(H,26,29,30). The van der Waals surface area contributed by atoms with Crippen LogP contribution in [-0.4, -0.2) is 55.7 Å². The Morgan fingerprint density at radius 3 is 2.61 bits per heavy atom. The van der Waals surface area contributed by atoms with Gasteiger partial charge < -0.3 is 14.8 Å². The second-order valence-electron chi connectivity index (χ2n) is 7.30. The third kappa shape index (κ3) is 5.27. The molecular weight excluding hydrogens is 518 g/mol. The molecule has 0 radical (unpaired) electrons. The minimum absolute atomic E-state index is 0.0137. The number of fused-ring (bicyclic) bond motifs is 1. The van der Waals surface area contributed by atoms with Crippen LogP contribution in [0.1, 0.15) is 0 Å². The average molecular weight is 537 g/mol. The van der Waals surface area contributed by atoms with Crippen LogP contribution < -0.4 is 14.8 Å². The first kappa shape index (κ1) is 25.4. The topological polar surface area (TPSA) is 128 Å². The Hall–Kier alpha value is -3.68. The summed E-state index contributed by atoms with van der Waals surface area (Å²) in [5.41, 5.74) is 0.180. The van der Waals surface area contributed by atoms with Gasteiger partial charge in [0, 0.05) is 31.4 Å². The number of hydrogen-bond acceptors (Lipinski definition) is 9. The van der Waals surface area contributed by atoms with E-state index in [1.54, 1.807) is 13.2 Å². The van der Waals surface area contributed by atoms with Crippen molar-refractivity contribution in [3.05, 3.63) is 59.5 Å². The molecule has 0 spiro atoms. The van der Waals surface area contributed by atoms with E-state index in [0.29, 0.717) is 36.2 Å². The summed E-state index contributed by atoms with van der Waals surface area (Å²) in [6.07, 6.45) is 3.41. The minimum Gasteiger partial charge on any atom is -0.480 e. The predicted octanol–water partition coefficient (Wildman–Crippen LogP) is 3.89. The summed E-state index contributed by atoms with van der Waals surface area (Å²) >= 11 is 5.86. The van der Waals surface area contributed by atoms with Crippen LogP contribution in [0.2, 0.25) is 5.02 Å². The van der Waals surface area contributed by atoms with Crippen molar-refractivity contribution in [2.75, 3.05) is 37.4 Å². The molecule has 3 heterocycles. The van der Waals surface area contributed by atoms with Gasteiger partial charge in [0.05, 0.1) is 36.0 Å². The van der Waals surface area contributed by atoms with Gasteiger partial charge in [-0.1, -0.05) is 17.7 Å². The van der Waals surface area contributed by atoms with Crippen molar-refractivity contribution in [1.29, 1.82) is 0 Å². The maximum absolute atomic E-state index is 15.4. The quantitative estimate of drug-likeness (QED) is 0.306. The van der Waals surface area contributed by atoms with E-state index in [2.05, 4.69) is 25.3 Å². The van der Waals surface area contributed by atoms with E-state index in [9.17, 15) is 12.8 Å². The van der Waals surface area contributed by atoms with Crippen LogP contribution in [0.15, 0.2) is 47.8 Å². The number of benzene rings is 1. The molecule has 188 valence electrons. The van der Waals surface area contributed by atoms with Crippen molar-refractivity contribution >= 4 is 44.3 Å². The molecule has 0 fully saturated rings. The highest BCUT2D eigenvalue weighted by atomic mass is 35.5. The monoisotopic (exact) mass is 536 g/mol. The predicted molar refractivity (Wildman–Crippen MR) is 130 cm³/mol. The highest BCUT2D eigenvalue weighted by Crippen LogP contribution is 2.33. The van der Waals surface area contributed by atoms with Gasteiger partial charge >= 0.3 is 0 Å². The number of nitrogens with zero attached hydrogens (tertiary/aromatic N) is 4. The normalized spacial score (nSPS) is 11.5. The Labute approximate surface area is 209 Å². The Morgan fingerprint density at radius 2 is 1.86 bits per heavy atom. The Bertz CT molecular complexity index is 1540. The summed E-state index contributed by atoms with van der Waals surface area (Å²) in [5, 5.41) is 3.52. The van der Waals surface area contributed by atoms with Gasteiger partial charge in [-0.25, -0.2) is 37.1 Å². The van der Waals surface area contributed by atoms with E-state index < -0.39 is 37.9 Å². The number of hydrogen-bond donors (Lipinski definition) is 2. The molecule has 36 heavy (non-hydrogen) atoms. The number of nitrogens with one attached hydrogen (secondary N) is 2. The molecule has 0 aliphatic carbocycles. The fourth-order valence-corrected chi connectivity index (χ4v) is 4.65. The van der Waals surface area contributed by atoms with E-state index in [-0.39, 0.29) is 16.5 Å². The van der Waals surface area contributed by atoms with Crippen molar-refractivity contribution in [3.8, 4) is 17.0 Å². The van der Waals surface area contributed by atoms with Crippen LogP contribution in [0.25, 0.3) is 22.0 Å². The molecule has 0 bridgehead atoms. The zero-order valence-corrected chi connectivity index (χ0v) is 20.5. The number of ether oxygens (including phenoxy) is 2. The zero-order valence-electron chi connectivity index (χ0n) is 18.9. The summed E-state index contributed by atoms with van der Waals surface area (Å²) < 4.78 is 67.8. The van der Waals surface area contributed by atoms with Crippen LogP contribution in [-0.2, 0) is 14.8 Å². The van der Waals surface area contributed by atoms with Crippen molar-refractivity contribution in [2.24, 2.45) is 0 Å². The first-order chi connectivity index (χ1) is 17.2. The van der Waals surface area contributed by atoms with Crippen molar-refractivity contribution in [2.45, 2.75) is 4.90 Å². The van der Waals surface area contributed by atoms with Crippen LogP contribution in [0.3, 0.4) is 0 Å². The van der Waals surface area contributed by atoms with Gasteiger partial charge in [-0.15, -0.1) is 0 Å². The number of aromatic nitrogens is 4. The molecule has 0 saturated heterocycles. The summed E-state index contributed by atoms with van der Waals surface area (Å²) in [5.74, 6) is -2.82. The molecule has 0 unspecified atom stereocenters. The second kappa shape index (κ2) is 10.5. The summed E-state index contributed by atoms with van der Waals surface area (Å²) in [6.45, 7) is 0.969. The van der Waals surface area contributed by atoms with Gasteiger partial charge in [0.15, 0.2) is 22.3 Å². The Balaban J connectivity index is 1.70. The lowest BCUT2D eigenvalue weighted by Gasteiger charge is -2.13. The number of anilines is 2. The molecule has 2 N–H and O–H groups in total. The number of methoxy groups -OCH3 is 2. The lowest BCUT2D eigenvalue weighted by molar-refractivity contribution is 0.210. The lowest BCUT2D eigenvalue weighted by Crippen LogP contribution is -2.17. The third-order valence-corrected chi connectivity index (χ3v) is 6.47. The summed E-state index contributed by atoms with van der Waals surface area (Å²) in [4.78, 5) is 15.5. The van der Waals surface area contributed by atoms with E-state index in [1.165, 1.54) is 31.6 Å². The van der Waals surface area contributed by atoms with Gasteiger partial charge in [0.2, 0.25) is 11.8 Å². The Kier molecular flexibility index (Phi) is 7.43. The van der Waals surface area contributed by atoms with Gasteiger partial charge in [-0.3, -0.25) is 4.72 Å². The van der Waals surface area contributed by atoms with E-state index >= 15 is 4.39 Å². The largest absolute Gasteiger partial charge is 0.480 e. The molecule has 14 heteroatoms. The third-order valence-electron chi connectivity index (χ3n) is 4.93. The molecule has 0 saturated carbocycles. The summed E-state index contributed by atoms with van der Waals surface area (Å²) in [7, 11) is -1.66. The van der Waals surface area contributed by atoms with Crippen molar-refractivity contribution in [1.82, 2.24) is 19.9 Å². The van der Waals surface area contributed by atoms with E-state index in [4.69, 9.17) is 21.1 Å². The van der Waals surface area contributed by atoms with Gasteiger partial charge in [0.25, 0.3) is 10.0 Å². The maximum Gasteiger partial charge on any atom is 0.268 e. The molecule has 1 aromatic carbocycles. The first-order valence-corrected chi connectivity index (χ1v) is 12.2.